The van der Waals surface area contributed by atoms with E-state index in [1.807, 2.05) is 37.3 Å². The molecule has 1 rings (SSSR count). The van der Waals surface area contributed by atoms with Crippen LogP contribution < -0.4 is 5.32 Å². The van der Waals surface area contributed by atoms with Gasteiger partial charge in [-0.25, -0.2) is 0 Å². The zero-order chi connectivity index (χ0) is 12.7. The number of hydrogen-bond acceptors (Lipinski definition) is 2. The van der Waals surface area contributed by atoms with E-state index >= 15 is 0 Å². The Morgan fingerprint density at radius 2 is 1.88 bits per heavy atom. The summed E-state index contributed by atoms with van der Waals surface area (Å²) >= 11 is 0. The lowest BCUT2D eigenvalue weighted by molar-refractivity contribution is -0.138. The van der Waals surface area contributed by atoms with E-state index in [-0.39, 0.29) is 24.8 Å². The molecule has 4 heteroatoms. The van der Waals surface area contributed by atoms with E-state index in [1.165, 1.54) is 0 Å². The van der Waals surface area contributed by atoms with E-state index in [0.29, 0.717) is 0 Å². The summed E-state index contributed by atoms with van der Waals surface area (Å²) in [6.07, 6.45) is 0.679. The Bertz CT molecular complexity index is 376. The Balaban J connectivity index is 2.53. The molecule has 1 unspecified atom stereocenters. The van der Waals surface area contributed by atoms with E-state index in [4.69, 9.17) is 5.11 Å². The molecule has 0 saturated heterocycles. The first kappa shape index (κ1) is 13.2. The molecule has 0 spiro atoms. The Morgan fingerprint density at radius 3 is 2.41 bits per heavy atom. The Morgan fingerprint density at radius 1 is 1.24 bits per heavy atom. The highest BCUT2D eigenvalue weighted by Crippen LogP contribution is 2.15. The van der Waals surface area contributed by atoms with Crippen LogP contribution in [-0.4, -0.2) is 17.0 Å². The quantitative estimate of drug-likeness (QED) is 0.793. The number of carbonyl (C=O) groups is 2. The van der Waals surface area contributed by atoms with Gasteiger partial charge < -0.3 is 10.4 Å². The molecule has 0 aliphatic rings. The summed E-state index contributed by atoms with van der Waals surface area (Å²) in [6.45, 7) is 1.98. The minimum atomic E-state index is -0.951. The number of amides is 1. The maximum Gasteiger partial charge on any atom is 0.303 e. The second-order valence-corrected chi connectivity index (χ2v) is 3.83. The fourth-order valence-corrected chi connectivity index (χ4v) is 1.59. The average Bonchev–Trinajstić information content (AvgIpc) is 2.34. The molecule has 0 aliphatic heterocycles. The van der Waals surface area contributed by atoms with Crippen molar-refractivity contribution in [2.75, 3.05) is 0 Å². The predicted molar refractivity (Wildman–Crippen MR) is 64.5 cm³/mol. The van der Waals surface area contributed by atoms with Crippen molar-refractivity contribution >= 4 is 11.9 Å². The number of aliphatic carboxylic acids is 1. The summed E-state index contributed by atoms with van der Waals surface area (Å²) in [4.78, 5) is 21.9. The molecule has 1 atom stereocenters. The fraction of sp³-hybridized carbons (Fsp3) is 0.385. The van der Waals surface area contributed by atoms with Crippen LogP contribution in [0.15, 0.2) is 30.3 Å². The van der Waals surface area contributed by atoms with Gasteiger partial charge in [-0.15, -0.1) is 0 Å². The molecular weight excluding hydrogens is 218 g/mol. The zero-order valence-corrected chi connectivity index (χ0v) is 9.85. The van der Waals surface area contributed by atoms with Crippen molar-refractivity contribution < 1.29 is 14.7 Å². The Kier molecular flexibility index (Phi) is 5.20. The minimum Gasteiger partial charge on any atom is -0.481 e. The van der Waals surface area contributed by atoms with Crippen LogP contribution in [0.5, 0.6) is 0 Å². The Hall–Kier alpha value is -1.84. The molecule has 1 amide bonds. The average molecular weight is 235 g/mol. The van der Waals surface area contributed by atoms with Crippen LogP contribution in [0.4, 0.5) is 0 Å². The molecule has 92 valence electrons. The summed E-state index contributed by atoms with van der Waals surface area (Å²) in [6, 6.07) is 9.61. The number of rotatable bonds is 6. The largest absolute Gasteiger partial charge is 0.481 e. The van der Waals surface area contributed by atoms with Crippen LogP contribution in [0.1, 0.15) is 37.8 Å². The van der Waals surface area contributed by atoms with Gasteiger partial charge in [-0.1, -0.05) is 37.3 Å². The number of hydrogen-bond donors (Lipinski definition) is 2. The lowest BCUT2D eigenvalue weighted by Gasteiger charge is -2.17. The van der Waals surface area contributed by atoms with E-state index in [1.54, 1.807) is 0 Å². The SMILES string of the molecule is CCC(NC(=O)CCC(=O)O)c1ccccc1. The summed E-state index contributed by atoms with van der Waals surface area (Å²) in [5.41, 5.74) is 1.04. The third kappa shape index (κ3) is 4.68. The molecule has 0 radical (unpaired) electrons. The maximum absolute atomic E-state index is 11.5. The van der Waals surface area contributed by atoms with Crippen molar-refractivity contribution in [2.24, 2.45) is 0 Å². The number of carbonyl (C=O) groups excluding carboxylic acids is 1. The molecular formula is C13H17NO3. The topological polar surface area (TPSA) is 66.4 Å². The monoisotopic (exact) mass is 235 g/mol. The highest BCUT2D eigenvalue weighted by atomic mass is 16.4. The van der Waals surface area contributed by atoms with Crippen molar-refractivity contribution in [1.82, 2.24) is 5.32 Å². The fourth-order valence-electron chi connectivity index (χ4n) is 1.59. The standard InChI is InChI=1S/C13H17NO3/c1-2-11(10-6-4-3-5-7-10)14-12(15)8-9-13(16)17/h3-7,11H,2,8-9H2,1H3,(H,14,15)(H,16,17). The minimum absolute atomic E-state index is 0.0265. The molecule has 0 heterocycles. The molecule has 0 aromatic heterocycles. The van der Waals surface area contributed by atoms with Gasteiger partial charge in [-0.3, -0.25) is 9.59 Å². The van der Waals surface area contributed by atoms with Gasteiger partial charge in [0, 0.05) is 6.42 Å². The third-order valence-electron chi connectivity index (χ3n) is 2.51. The summed E-state index contributed by atoms with van der Waals surface area (Å²) < 4.78 is 0. The second kappa shape index (κ2) is 6.68. The van der Waals surface area contributed by atoms with E-state index in [9.17, 15) is 9.59 Å². The van der Waals surface area contributed by atoms with Gasteiger partial charge in [0.1, 0.15) is 0 Å². The third-order valence-corrected chi connectivity index (χ3v) is 2.51. The van der Waals surface area contributed by atoms with Crippen LogP contribution in [0.2, 0.25) is 0 Å². The van der Waals surface area contributed by atoms with Gasteiger partial charge in [0.2, 0.25) is 5.91 Å². The van der Waals surface area contributed by atoms with Gasteiger partial charge in [0.05, 0.1) is 12.5 Å². The number of carboxylic acid groups (broad SMARTS) is 1. The molecule has 2 N–H and O–H groups in total. The van der Waals surface area contributed by atoms with Crippen molar-refractivity contribution in [3.05, 3.63) is 35.9 Å². The second-order valence-electron chi connectivity index (χ2n) is 3.83. The zero-order valence-electron chi connectivity index (χ0n) is 9.85. The van der Waals surface area contributed by atoms with Crippen LogP contribution in [0, 0.1) is 0 Å². The van der Waals surface area contributed by atoms with E-state index < -0.39 is 5.97 Å². The normalized spacial score (nSPS) is 11.8. The van der Waals surface area contributed by atoms with Crippen LogP contribution >= 0.6 is 0 Å². The lowest BCUT2D eigenvalue weighted by atomic mass is 10.0. The van der Waals surface area contributed by atoms with Gasteiger partial charge in [-0.05, 0) is 12.0 Å². The molecule has 1 aromatic rings. The van der Waals surface area contributed by atoms with Crippen molar-refractivity contribution in [3.63, 3.8) is 0 Å². The summed E-state index contributed by atoms with van der Waals surface area (Å²) in [7, 11) is 0. The highest BCUT2D eigenvalue weighted by Gasteiger charge is 2.12. The van der Waals surface area contributed by atoms with Crippen molar-refractivity contribution in [1.29, 1.82) is 0 Å². The predicted octanol–water partition coefficient (Wildman–Crippen LogP) is 2.12. The maximum atomic E-state index is 11.5. The lowest BCUT2D eigenvalue weighted by Crippen LogP contribution is -2.28. The molecule has 0 aliphatic carbocycles. The van der Waals surface area contributed by atoms with Gasteiger partial charge >= 0.3 is 5.97 Å². The van der Waals surface area contributed by atoms with E-state index in [0.717, 1.165) is 12.0 Å². The summed E-state index contributed by atoms with van der Waals surface area (Å²) in [5.74, 6) is -1.17. The molecule has 17 heavy (non-hydrogen) atoms. The number of carboxylic acids is 1. The first-order valence-electron chi connectivity index (χ1n) is 5.69. The highest BCUT2D eigenvalue weighted by molar-refractivity contribution is 5.80. The first-order valence-corrected chi connectivity index (χ1v) is 5.69. The van der Waals surface area contributed by atoms with Crippen LogP contribution in [0.25, 0.3) is 0 Å². The van der Waals surface area contributed by atoms with Gasteiger partial charge in [0.15, 0.2) is 0 Å². The molecule has 0 saturated carbocycles. The van der Waals surface area contributed by atoms with Gasteiger partial charge in [-0.2, -0.15) is 0 Å². The molecule has 0 fully saturated rings. The molecule has 1 aromatic carbocycles. The van der Waals surface area contributed by atoms with Crippen molar-refractivity contribution in [3.8, 4) is 0 Å². The summed E-state index contributed by atoms with van der Waals surface area (Å²) in [5, 5.41) is 11.3. The molecule has 4 nitrogen and oxygen atoms in total. The molecule has 0 bridgehead atoms. The number of nitrogens with one attached hydrogen (secondary N) is 1. The smallest absolute Gasteiger partial charge is 0.303 e. The van der Waals surface area contributed by atoms with Gasteiger partial charge in [0.25, 0.3) is 0 Å². The van der Waals surface area contributed by atoms with Crippen LogP contribution in [-0.2, 0) is 9.59 Å². The van der Waals surface area contributed by atoms with E-state index in [2.05, 4.69) is 5.32 Å². The first-order chi connectivity index (χ1) is 8.13. The Labute approximate surface area is 101 Å². The number of benzene rings is 1. The van der Waals surface area contributed by atoms with Crippen LogP contribution in [0.3, 0.4) is 0 Å². The van der Waals surface area contributed by atoms with Crippen molar-refractivity contribution in [2.45, 2.75) is 32.2 Å².